The number of aromatic nitrogens is 1. The third-order valence-electron chi connectivity index (χ3n) is 6.12. The normalized spacial score (nSPS) is 10.7. The minimum Gasteiger partial charge on any atom is -0.497 e. The maximum atomic E-state index is 5.89. The van der Waals surface area contributed by atoms with Crippen LogP contribution in [0.3, 0.4) is 0 Å². The smallest absolute Gasteiger partial charge is 0.173 e. The quantitative estimate of drug-likeness (QED) is 0.284. The molecule has 0 unspecified atom stereocenters. The number of fused-ring (bicyclic) bond motifs is 1. The second-order valence-electron chi connectivity index (χ2n) is 8.33. The van der Waals surface area contributed by atoms with E-state index in [0.717, 1.165) is 46.4 Å². The highest BCUT2D eigenvalue weighted by atomic mass is 32.1. The number of aromatic amines is 1. The molecule has 0 spiro atoms. The van der Waals surface area contributed by atoms with Gasteiger partial charge in [-0.1, -0.05) is 24.3 Å². The number of methoxy groups -OCH3 is 3. The van der Waals surface area contributed by atoms with Gasteiger partial charge < -0.3 is 29.4 Å². The Morgan fingerprint density at radius 3 is 2.49 bits per heavy atom. The molecule has 4 rings (SSSR count). The summed E-state index contributed by atoms with van der Waals surface area (Å²) in [6, 6.07) is 20.2. The molecule has 7 heteroatoms. The van der Waals surface area contributed by atoms with Crippen LogP contribution in [0.2, 0.25) is 0 Å². The number of nitrogens with one attached hydrogen (secondary N) is 2. The Bertz CT molecular complexity index is 1320. The Hall–Kier alpha value is -3.71. The van der Waals surface area contributed by atoms with Gasteiger partial charge in [-0.25, -0.2) is 0 Å². The molecule has 3 aromatic carbocycles. The number of para-hydroxylation sites is 1. The molecule has 0 aliphatic heterocycles. The number of benzene rings is 3. The molecule has 4 aromatic rings. The Labute approximate surface area is 211 Å². The zero-order valence-corrected chi connectivity index (χ0v) is 21.4. The Balaban J connectivity index is 1.58. The van der Waals surface area contributed by atoms with Gasteiger partial charge in [-0.05, 0) is 78.7 Å². The van der Waals surface area contributed by atoms with Crippen molar-refractivity contribution in [3.63, 3.8) is 0 Å². The molecule has 1 heterocycles. The van der Waals surface area contributed by atoms with E-state index in [4.69, 9.17) is 26.4 Å². The van der Waals surface area contributed by atoms with Gasteiger partial charge in [0.25, 0.3) is 0 Å². The summed E-state index contributed by atoms with van der Waals surface area (Å²) in [6.45, 7) is 3.43. The van der Waals surface area contributed by atoms with E-state index >= 15 is 0 Å². The zero-order chi connectivity index (χ0) is 24.8. The van der Waals surface area contributed by atoms with Crippen LogP contribution in [0.1, 0.15) is 16.7 Å². The van der Waals surface area contributed by atoms with E-state index in [1.54, 1.807) is 21.3 Å². The molecule has 1 aromatic heterocycles. The maximum Gasteiger partial charge on any atom is 0.173 e. The van der Waals surface area contributed by atoms with E-state index < -0.39 is 0 Å². The summed E-state index contributed by atoms with van der Waals surface area (Å²) in [4.78, 5) is 5.55. The van der Waals surface area contributed by atoms with Gasteiger partial charge in [0.05, 0.1) is 21.3 Å². The Morgan fingerprint density at radius 1 is 0.943 bits per heavy atom. The van der Waals surface area contributed by atoms with Crippen molar-refractivity contribution in [2.75, 3.05) is 33.2 Å². The van der Waals surface area contributed by atoms with Crippen molar-refractivity contribution >= 4 is 33.9 Å². The monoisotopic (exact) mass is 489 g/mol. The van der Waals surface area contributed by atoms with E-state index in [0.29, 0.717) is 23.2 Å². The van der Waals surface area contributed by atoms with E-state index in [-0.39, 0.29) is 0 Å². The largest absolute Gasteiger partial charge is 0.497 e. The number of thiocarbonyl (C=S) groups is 1. The molecule has 0 radical (unpaired) electrons. The third-order valence-corrected chi connectivity index (χ3v) is 6.48. The van der Waals surface area contributed by atoms with Crippen LogP contribution in [0.15, 0.2) is 66.9 Å². The van der Waals surface area contributed by atoms with Crippen molar-refractivity contribution in [3.8, 4) is 17.2 Å². The van der Waals surface area contributed by atoms with Gasteiger partial charge in [0.2, 0.25) is 0 Å². The van der Waals surface area contributed by atoms with Gasteiger partial charge >= 0.3 is 0 Å². The van der Waals surface area contributed by atoms with Crippen LogP contribution < -0.4 is 19.5 Å². The van der Waals surface area contributed by atoms with Crippen LogP contribution >= 0.6 is 12.2 Å². The Kier molecular flexibility index (Phi) is 7.77. The lowest BCUT2D eigenvalue weighted by atomic mass is 10.1. The number of rotatable bonds is 9. The maximum absolute atomic E-state index is 5.89. The fourth-order valence-electron chi connectivity index (χ4n) is 4.11. The summed E-state index contributed by atoms with van der Waals surface area (Å²) in [5.41, 5.74) is 5.54. The molecule has 0 saturated heterocycles. The highest BCUT2D eigenvalue weighted by molar-refractivity contribution is 7.80. The minimum atomic E-state index is 0.629. The molecular formula is C28H31N3O3S. The molecule has 6 nitrogen and oxygen atoms in total. The fraction of sp³-hybridized carbons (Fsp3) is 0.250. The molecule has 0 atom stereocenters. The van der Waals surface area contributed by atoms with Gasteiger partial charge in [0.1, 0.15) is 5.75 Å². The first-order valence-corrected chi connectivity index (χ1v) is 11.9. The van der Waals surface area contributed by atoms with Crippen molar-refractivity contribution in [1.29, 1.82) is 0 Å². The summed E-state index contributed by atoms with van der Waals surface area (Å²) in [7, 11) is 4.98. The molecule has 0 aliphatic rings. The number of nitrogens with zero attached hydrogens (tertiary/aromatic N) is 1. The van der Waals surface area contributed by atoms with Crippen LogP contribution in [-0.4, -0.2) is 42.9 Å². The van der Waals surface area contributed by atoms with Gasteiger partial charge in [0.15, 0.2) is 16.6 Å². The van der Waals surface area contributed by atoms with Crippen LogP contribution in [0.5, 0.6) is 17.2 Å². The van der Waals surface area contributed by atoms with E-state index in [2.05, 4.69) is 40.5 Å². The number of aryl methyl sites for hydroxylation is 1. The summed E-state index contributed by atoms with van der Waals surface area (Å²) < 4.78 is 16.3. The van der Waals surface area contributed by atoms with E-state index in [1.807, 2.05) is 48.5 Å². The van der Waals surface area contributed by atoms with Crippen molar-refractivity contribution < 1.29 is 14.2 Å². The minimum absolute atomic E-state index is 0.629. The molecule has 0 bridgehead atoms. The summed E-state index contributed by atoms with van der Waals surface area (Å²) >= 11 is 5.89. The molecular weight excluding hydrogens is 458 g/mol. The number of H-pyrrole nitrogens is 1. The van der Waals surface area contributed by atoms with Crippen LogP contribution in [0.4, 0.5) is 5.69 Å². The number of ether oxygens (including phenoxy) is 3. The second-order valence-corrected chi connectivity index (χ2v) is 8.72. The second kappa shape index (κ2) is 11.1. The Morgan fingerprint density at radius 2 is 1.74 bits per heavy atom. The standard InChI is InChI=1S/C28H31N3O3S/c1-19-7-5-6-8-24(19)30-28(35)31(18-20-9-12-26(33-3)27(15-20)34-4)14-13-21-17-29-25-11-10-22(32-2)16-23(21)25/h5-12,15-17,29H,13-14,18H2,1-4H3,(H,30,35). The molecule has 0 fully saturated rings. The molecule has 35 heavy (non-hydrogen) atoms. The number of anilines is 1. The third kappa shape index (κ3) is 5.69. The average molecular weight is 490 g/mol. The topological polar surface area (TPSA) is 58.8 Å². The predicted octanol–water partition coefficient (Wildman–Crippen LogP) is 5.94. The van der Waals surface area contributed by atoms with E-state index in [1.165, 1.54) is 5.56 Å². The highest BCUT2D eigenvalue weighted by Gasteiger charge is 2.15. The lowest BCUT2D eigenvalue weighted by molar-refractivity contribution is 0.353. The van der Waals surface area contributed by atoms with Crippen molar-refractivity contribution in [2.24, 2.45) is 0 Å². The first-order chi connectivity index (χ1) is 17.0. The van der Waals surface area contributed by atoms with Crippen LogP contribution in [0.25, 0.3) is 10.9 Å². The van der Waals surface area contributed by atoms with Gasteiger partial charge in [-0.2, -0.15) is 0 Å². The van der Waals surface area contributed by atoms with Gasteiger partial charge in [-0.15, -0.1) is 0 Å². The lowest BCUT2D eigenvalue weighted by Gasteiger charge is -2.27. The highest BCUT2D eigenvalue weighted by Crippen LogP contribution is 2.29. The first kappa shape index (κ1) is 24.4. The van der Waals surface area contributed by atoms with Crippen molar-refractivity contribution in [1.82, 2.24) is 9.88 Å². The molecule has 0 saturated carbocycles. The predicted molar refractivity (Wildman–Crippen MR) is 146 cm³/mol. The molecule has 0 amide bonds. The number of hydrogen-bond donors (Lipinski definition) is 2. The van der Waals surface area contributed by atoms with Gasteiger partial charge in [0, 0.05) is 35.9 Å². The first-order valence-electron chi connectivity index (χ1n) is 11.5. The number of hydrogen-bond acceptors (Lipinski definition) is 4. The van der Waals surface area contributed by atoms with E-state index in [9.17, 15) is 0 Å². The zero-order valence-electron chi connectivity index (χ0n) is 20.6. The fourth-order valence-corrected chi connectivity index (χ4v) is 4.37. The molecule has 0 aliphatic carbocycles. The summed E-state index contributed by atoms with van der Waals surface area (Å²) in [5, 5.41) is 5.27. The SMILES string of the molecule is COc1ccc2[nH]cc(CCN(Cc3ccc(OC)c(OC)c3)C(=S)Nc3ccccc3C)c2c1. The summed E-state index contributed by atoms with van der Waals surface area (Å²) in [6.07, 6.45) is 2.88. The van der Waals surface area contributed by atoms with Gasteiger partial charge in [-0.3, -0.25) is 0 Å². The van der Waals surface area contributed by atoms with Crippen LogP contribution in [0, 0.1) is 6.92 Å². The average Bonchev–Trinajstić information content (AvgIpc) is 3.29. The van der Waals surface area contributed by atoms with Crippen molar-refractivity contribution in [3.05, 3.63) is 83.6 Å². The lowest BCUT2D eigenvalue weighted by Crippen LogP contribution is -2.36. The molecule has 182 valence electrons. The van der Waals surface area contributed by atoms with Crippen molar-refractivity contribution in [2.45, 2.75) is 19.9 Å². The molecule has 2 N–H and O–H groups in total. The van der Waals surface area contributed by atoms with Crippen LogP contribution in [-0.2, 0) is 13.0 Å². The summed E-state index contributed by atoms with van der Waals surface area (Å²) in [5.74, 6) is 2.25.